The van der Waals surface area contributed by atoms with Gasteiger partial charge in [-0.15, -0.1) is 0 Å². The minimum absolute atomic E-state index is 0.140. The molecule has 4 rings (SSSR count). The SMILES string of the molecule is [C-]#[N+]/C(C#N)=c1/cc(Oc2ccc(C(F)(F)F)cc2)/c(=C(\C#N)c2c(F)c(F)c([N+]#[C-])c(F)c2F)cc1Oc1ccc(C)cc1. The highest BCUT2D eigenvalue weighted by Crippen LogP contribution is 2.35. The molecule has 0 N–H and O–H groups in total. The van der Waals surface area contributed by atoms with Gasteiger partial charge in [-0.25, -0.2) is 32.5 Å². The molecule has 4 aromatic rings. The van der Waals surface area contributed by atoms with Gasteiger partial charge in [0.25, 0.3) is 11.4 Å². The van der Waals surface area contributed by atoms with E-state index in [0.717, 1.165) is 29.8 Å². The molecule has 0 amide bonds. The summed E-state index contributed by atoms with van der Waals surface area (Å²) in [5, 5.41) is 18.8. The zero-order valence-electron chi connectivity index (χ0n) is 22.5. The maximum Gasteiger partial charge on any atom is 0.416 e. The Morgan fingerprint density at radius 1 is 0.733 bits per heavy atom. The third-order valence-electron chi connectivity index (χ3n) is 6.20. The molecule has 0 bridgehead atoms. The van der Waals surface area contributed by atoms with Crippen molar-refractivity contribution in [3.8, 4) is 35.1 Å². The second-order valence-electron chi connectivity index (χ2n) is 9.03. The number of nitriles is 2. The summed E-state index contributed by atoms with van der Waals surface area (Å²) >= 11 is 0. The fourth-order valence-corrected chi connectivity index (χ4v) is 4.02. The van der Waals surface area contributed by atoms with Crippen LogP contribution in [0.5, 0.6) is 23.0 Å². The molecule has 0 saturated heterocycles. The fraction of sp³-hybridized carbons (Fsp3) is 0.0625. The van der Waals surface area contributed by atoms with Crippen molar-refractivity contribution in [3.05, 3.63) is 134 Å². The average Bonchev–Trinajstić information content (AvgIpc) is 3.01. The quantitative estimate of drug-likeness (QED) is 0.129. The number of ether oxygens (including phenoxy) is 2. The zero-order chi connectivity index (χ0) is 33.1. The number of aryl methyl sites for hydroxylation is 1. The van der Waals surface area contributed by atoms with E-state index < -0.39 is 68.5 Å². The third kappa shape index (κ3) is 6.24. The summed E-state index contributed by atoms with van der Waals surface area (Å²) in [7, 11) is 0. The fourth-order valence-electron chi connectivity index (χ4n) is 4.02. The highest BCUT2D eigenvalue weighted by atomic mass is 19.4. The van der Waals surface area contributed by atoms with Gasteiger partial charge in [-0.05, 0) is 55.5 Å². The summed E-state index contributed by atoms with van der Waals surface area (Å²) in [4.78, 5) is 5.58. The number of benzene rings is 4. The van der Waals surface area contributed by atoms with E-state index in [1.54, 1.807) is 25.1 Å². The zero-order valence-corrected chi connectivity index (χ0v) is 22.5. The standard InChI is InChI=1S/C32H13F7N4O2/c1-16-4-8-18(9-5-16)45-25-12-20(22(14-40)26-27(33)29(35)31(43-3)30(36)28(26)34)24(13-21(25)23(15-41)42-2)44-19-10-6-17(7-11-19)32(37,38)39/h4-13H,1H3/b22-20+,23-21-. The number of halogens is 7. The van der Waals surface area contributed by atoms with Crippen LogP contribution in [0.15, 0.2) is 60.7 Å². The van der Waals surface area contributed by atoms with E-state index in [-0.39, 0.29) is 22.5 Å². The highest BCUT2D eigenvalue weighted by molar-refractivity contribution is 5.80. The molecule has 0 unspecified atom stereocenters. The van der Waals surface area contributed by atoms with Gasteiger partial charge in [0.05, 0.1) is 35.9 Å². The summed E-state index contributed by atoms with van der Waals surface area (Å²) in [5.74, 6) is -9.42. The predicted molar refractivity (Wildman–Crippen MR) is 145 cm³/mol. The van der Waals surface area contributed by atoms with Crippen LogP contribution in [0.1, 0.15) is 16.7 Å². The van der Waals surface area contributed by atoms with Crippen molar-refractivity contribution in [1.82, 2.24) is 0 Å². The predicted octanol–water partition coefficient (Wildman–Crippen LogP) is 7.98. The topological polar surface area (TPSA) is 74.8 Å². The molecule has 13 heteroatoms. The van der Waals surface area contributed by atoms with Gasteiger partial charge in [-0.2, -0.15) is 18.4 Å². The summed E-state index contributed by atoms with van der Waals surface area (Å²) in [5.41, 5.74) is -5.02. The molecule has 0 atom stereocenters. The first kappa shape index (κ1) is 31.6. The molecule has 0 saturated carbocycles. The largest absolute Gasteiger partial charge is 0.458 e. The molecule has 222 valence electrons. The first-order valence-electron chi connectivity index (χ1n) is 12.3. The summed E-state index contributed by atoms with van der Waals surface area (Å²) in [6.45, 7) is 16.0. The van der Waals surface area contributed by atoms with Gasteiger partial charge in [-0.3, -0.25) is 0 Å². The van der Waals surface area contributed by atoms with E-state index in [2.05, 4.69) is 9.69 Å². The monoisotopic (exact) mass is 618 g/mol. The van der Waals surface area contributed by atoms with Crippen molar-refractivity contribution in [3.63, 3.8) is 0 Å². The Morgan fingerprint density at radius 3 is 1.67 bits per heavy atom. The minimum Gasteiger partial charge on any atom is -0.458 e. The van der Waals surface area contributed by atoms with Gasteiger partial charge in [0.15, 0.2) is 23.3 Å². The number of hydrogen-bond donors (Lipinski definition) is 0. The maximum absolute atomic E-state index is 15.2. The van der Waals surface area contributed by atoms with Crippen molar-refractivity contribution in [2.24, 2.45) is 0 Å². The Morgan fingerprint density at radius 2 is 1.22 bits per heavy atom. The van der Waals surface area contributed by atoms with Crippen LogP contribution < -0.4 is 19.9 Å². The van der Waals surface area contributed by atoms with Crippen LogP contribution in [0.3, 0.4) is 0 Å². The number of hydrogen-bond acceptors (Lipinski definition) is 4. The molecule has 0 aromatic heterocycles. The normalized spacial score (nSPS) is 12.2. The second-order valence-corrected chi connectivity index (χ2v) is 9.03. The van der Waals surface area contributed by atoms with E-state index in [9.17, 15) is 32.5 Å². The lowest BCUT2D eigenvalue weighted by Crippen LogP contribution is -2.20. The van der Waals surface area contributed by atoms with E-state index >= 15 is 8.78 Å². The lowest BCUT2D eigenvalue weighted by Gasteiger charge is -2.14. The smallest absolute Gasteiger partial charge is 0.416 e. The molecule has 0 aliphatic carbocycles. The van der Waals surface area contributed by atoms with Gasteiger partial charge in [-0.1, -0.05) is 17.7 Å². The lowest BCUT2D eigenvalue weighted by atomic mass is 10.00. The van der Waals surface area contributed by atoms with Crippen LogP contribution >= 0.6 is 0 Å². The molecule has 6 nitrogen and oxygen atoms in total. The molecule has 0 heterocycles. The van der Waals surface area contributed by atoms with Gasteiger partial charge < -0.3 is 9.47 Å². The van der Waals surface area contributed by atoms with Crippen LogP contribution in [0.4, 0.5) is 36.4 Å². The van der Waals surface area contributed by atoms with Crippen molar-refractivity contribution in [1.29, 1.82) is 10.5 Å². The van der Waals surface area contributed by atoms with Gasteiger partial charge in [0.1, 0.15) is 29.1 Å². The van der Waals surface area contributed by atoms with Crippen LogP contribution in [0.2, 0.25) is 0 Å². The van der Waals surface area contributed by atoms with Crippen molar-refractivity contribution >= 4 is 17.0 Å². The number of nitrogens with zero attached hydrogens (tertiary/aromatic N) is 4. The molecule has 4 aromatic carbocycles. The average molecular weight is 618 g/mol. The minimum atomic E-state index is -4.71. The van der Waals surface area contributed by atoms with E-state index in [4.69, 9.17) is 22.6 Å². The first-order chi connectivity index (χ1) is 21.3. The van der Waals surface area contributed by atoms with E-state index in [1.807, 2.05) is 0 Å². The van der Waals surface area contributed by atoms with Crippen LogP contribution in [0.25, 0.3) is 21.0 Å². The van der Waals surface area contributed by atoms with E-state index in [1.165, 1.54) is 18.2 Å². The number of alkyl halides is 3. The van der Waals surface area contributed by atoms with Gasteiger partial charge >= 0.3 is 6.18 Å². The Bertz CT molecular complexity index is 2090. The van der Waals surface area contributed by atoms with Crippen LogP contribution in [-0.4, -0.2) is 0 Å². The van der Waals surface area contributed by atoms with Crippen LogP contribution in [-0.2, 0) is 6.18 Å². The second kappa shape index (κ2) is 12.5. The Labute approximate surface area is 250 Å². The summed E-state index contributed by atoms with van der Waals surface area (Å²) in [6.07, 6.45) is -4.71. The van der Waals surface area contributed by atoms with Gasteiger partial charge in [0, 0.05) is 10.4 Å². The van der Waals surface area contributed by atoms with Crippen molar-refractivity contribution in [2.75, 3.05) is 0 Å². The van der Waals surface area contributed by atoms with Gasteiger partial charge in [0.2, 0.25) is 0 Å². The third-order valence-corrected chi connectivity index (χ3v) is 6.20. The molecule has 0 aliphatic heterocycles. The Balaban J connectivity index is 2.15. The molecule has 0 spiro atoms. The Kier molecular flexibility index (Phi) is 8.79. The van der Waals surface area contributed by atoms with Crippen molar-refractivity contribution < 1.29 is 40.2 Å². The van der Waals surface area contributed by atoms with E-state index in [0.29, 0.717) is 12.1 Å². The summed E-state index contributed by atoms with van der Waals surface area (Å²) in [6, 6.07) is 14.3. The summed E-state index contributed by atoms with van der Waals surface area (Å²) < 4.78 is 110. The molecule has 0 radical (unpaired) electrons. The molecule has 0 fully saturated rings. The Hall–Kier alpha value is -6.31. The first-order valence-corrected chi connectivity index (χ1v) is 12.3. The molecule has 0 aliphatic rings. The highest BCUT2D eigenvalue weighted by Gasteiger charge is 2.31. The molecular formula is C32H13F7N4O2. The molecular weight excluding hydrogens is 605 g/mol. The maximum atomic E-state index is 15.2. The lowest BCUT2D eigenvalue weighted by molar-refractivity contribution is -0.137. The van der Waals surface area contributed by atoms with Crippen LogP contribution in [0, 0.1) is 66.0 Å². The number of rotatable bonds is 5. The molecule has 45 heavy (non-hydrogen) atoms. The van der Waals surface area contributed by atoms with Crippen molar-refractivity contribution in [2.45, 2.75) is 13.1 Å².